The molecule has 0 aliphatic carbocycles. The highest BCUT2D eigenvalue weighted by atomic mass is 16.2. The summed E-state index contributed by atoms with van der Waals surface area (Å²) in [6, 6.07) is 0.397. The fourth-order valence-electron chi connectivity index (χ4n) is 4.14. The Hall–Kier alpha value is -1.10. The van der Waals surface area contributed by atoms with E-state index < -0.39 is 0 Å². The number of nitrogens with zero attached hydrogens (tertiary/aromatic N) is 3. The Balaban J connectivity index is 1.56. The summed E-state index contributed by atoms with van der Waals surface area (Å²) >= 11 is 0. The van der Waals surface area contributed by atoms with Crippen LogP contribution in [0.4, 0.5) is 0 Å². The van der Waals surface area contributed by atoms with E-state index in [2.05, 4.69) is 16.8 Å². The molecule has 3 saturated heterocycles. The maximum Gasteiger partial charge on any atom is 0.226 e. The van der Waals surface area contributed by atoms with Crippen LogP contribution >= 0.6 is 0 Å². The average Bonchev–Trinajstić information content (AvgIpc) is 3.05. The Labute approximate surface area is 133 Å². The van der Waals surface area contributed by atoms with Crippen molar-refractivity contribution in [2.45, 2.75) is 51.0 Å². The van der Waals surface area contributed by atoms with E-state index in [9.17, 15) is 9.59 Å². The number of hydrogen-bond acceptors (Lipinski definition) is 3. The summed E-state index contributed by atoms with van der Waals surface area (Å²) in [6.45, 7) is 4.82. The van der Waals surface area contributed by atoms with Gasteiger partial charge in [0.25, 0.3) is 0 Å². The molecule has 124 valence electrons. The van der Waals surface area contributed by atoms with E-state index in [0.29, 0.717) is 12.5 Å². The Morgan fingerprint density at radius 1 is 1.00 bits per heavy atom. The molecule has 3 aliphatic rings. The highest BCUT2D eigenvalue weighted by Crippen LogP contribution is 2.27. The van der Waals surface area contributed by atoms with Crippen molar-refractivity contribution in [3.05, 3.63) is 0 Å². The molecule has 1 atom stereocenters. The first-order chi connectivity index (χ1) is 10.6. The number of piperidine rings is 2. The molecule has 5 nitrogen and oxygen atoms in total. The van der Waals surface area contributed by atoms with Gasteiger partial charge in [0.1, 0.15) is 0 Å². The number of hydrogen-bond donors (Lipinski definition) is 0. The molecule has 1 unspecified atom stereocenters. The van der Waals surface area contributed by atoms with Crippen molar-refractivity contribution in [3.63, 3.8) is 0 Å². The molecule has 2 amide bonds. The summed E-state index contributed by atoms with van der Waals surface area (Å²) in [7, 11) is 2.14. The largest absolute Gasteiger partial charge is 0.343 e. The lowest BCUT2D eigenvalue weighted by atomic mass is 9.90. The van der Waals surface area contributed by atoms with Crippen molar-refractivity contribution in [2.75, 3.05) is 39.8 Å². The molecular formula is C17H29N3O2. The number of likely N-dealkylation sites (tertiary alicyclic amines) is 3. The summed E-state index contributed by atoms with van der Waals surface area (Å²) in [4.78, 5) is 31.5. The van der Waals surface area contributed by atoms with E-state index in [1.807, 2.05) is 4.90 Å². The third kappa shape index (κ3) is 3.45. The van der Waals surface area contributed by atoms with Gasteiger partial charge in [0.15, 0.2) is 0 Å². The van der Waals surface area contributed by atoms with Crippen molar-refractivity contribution in [1.82, 2.24) is 14.7 Å². The van der Waals surface area contributed by atoms with Gasteiger partial charge in [0.2, 0.25) is 11.8 Å². The van der Waals surface area contributed by atoms with Gasteiger partial charge >= 0.3 is 0 Å². The smallest absolute Gasteiger partial charge is 0.226 e. The second-order valence-corrected chi connectivity index (χ2v) is 7.20. The maximum atomic E-state index is 12.8. The molecule has 0 aromatic heterocycles. The van der Waals surface area contributed by atoms with Crippen LogP contribution in [0.2, 0.25) is 0 Å². The third-order valence-electron chi connectivity index (χ3n) is 5.59. The zero-order valence-corrected chi connectivity index (χ0v) is 13.8. The lowest BCUT2D eigenvalue weighted by Gasteiger charge is -2.41. The van der Waals surface area contributed by atoms with Gasteiger partial charge in [-0.2, -0.15) is 0 Å². The first kappa shape index (κ1) is 15.8. The van der Waals surface area contributed by atoms with Gasteiger partial charge in [-0.3, -0.25) is 9.59 Å². The normalized spacial score (nSPS) is 28.4. The SMILES string of the molecule is CN1CCC(N2CCCC(CC(=O)N3CCCC3)C2=O)CC1. The molecule has 3 fully saturated rings. The quantitative estimate of drug-likeness (QED) is 0.790. The van der Waals surface area contributed by atoms with Gasteiger partial charge in [-0.25, -0.2) is 0 Å². The van der Waals surface area contributed by atoms with E-state index in [4.69, 9.17) is 0 Å². The number of rotatable bonds is 3. The van der Waals surface area contributed by atoms with Crippen molar-refractivity contribution < 1.29 is 9.59 Å². The average molecular weight is 307 g/mol. The minimum atomic E-state index is -0.0680. The standard InChI is InChI=1S/C17H29N3O2/c1-18-11-6-15(7-12-18)20-10-4-5-14(17(20)22)13-16(21)19-8-2-3-9-19/h14-15H,2-13H2,1H3. The summed E-state index contributed by atoms with van der Waals surface area (Å²) < 4.78 is 0. The van der Waals surface area contributed by atoms with E-state index in [-0.39, 0.29) is 17.7 Å². The van der Waals surface area contributed by atoms with E-state index in [0.717, 1.165) is 71.2 Å². The van der Waals surface area contributed by atoms with Crippen LogP contribution in [-0.2, 0) is 9.59 Å². The van der Waals surface area contributed by atoms with Crippen molar-refractivity contribution in [3.8, 4) is 0 Å². The number of amides is 2. The van der Waals surface area contributed by atoms with Crippen LogP contribution in [-0.4, -0.2) is 72.3 Å². The van der Waals surface area contributed by atoms with Crippen LogP contribution in [0.5, 0.6) is 0 Å². The van der Waals surface area contributed by atoms with E-state index >= 15 is 0 Å². The van der Waals surface area contributed by atoms with Crippen LogP contribution in [0.3, 0.4) is 0 Å². The van der Waals surface area contributed by atoms with Gasteiger partial charge in [-0.1, -0.05) is 0 Å². The topological polar surface area (TPSA) is 43.9 Å². The summed E-state index contributed by atoms with van der Waals surface area (Å²) in [5, 5.41) is 0. The van der Waals surface area contributed by atoms with Crippen LogP contribution in [0.25, 0.3) is 0 Å². The lowest BCUT2D eigenvalue weighted by Crippen LogP contribution is -2.51. The second kappa shape index (κ2) is 6.99. The Morgan fingerprint density at radius 2 is 1.68 bits per heavy atom. The highest BCUT2D eigenvalue weighted by Gasteiger charge is 2.36. The van der Waals surface area contributed by atoms with Gasteiger partial charge in [0.05, 0.1) is 0 Å². The summed E-state index contributed by atoms with van der Waals surface area (Å²) in [6.07, 6.45) is 6.77. The molecule has 0 aromatic carbocycles. The Kier molecular flexibility index (Phi) is 5.01. The van der Waals surface area contributed by atoms with Crippen LogP contribution in [0, 0.1) is 5.92 Å². The molecule has 0 radical (unpaired) electrons. The first-order valence-electron chi connectivity index (χ1n) is 8.92. The van der Waals surface area contributed by atoms with Gasteiger partial charge in [0, 0.05) is 38.0 Å². The van der Waals surface area contributed by atoms with Crippen molar-refractivity contribution in [1.29, 1.82) is 0 Å². The molecule has 22 heavy (non-hydrogen) atoms. The third-order valence-corrected chi connectivity index (χ3v) is 5.59. The maximum absolute atomic E-state index is 12.8. The van der Waals surface area contributed by atoms with Crippen LogP contribution < -0.4 is 0 Å². The van der Waals surface area contributed by atoms with Crippen molar-refractivity contribution >= 4 is 11.8 Å². The molecular weight excluding hydrogens is 278 g/mol. The lowest BCUT2D eigenvalue weighted by molar-refractivity contribution is -0.146. The second-order valence-electron chi connectivity index (χ2n) is 7.20. The molecule has 0 spiro atoms. The fraction of sp³-hybridized carbons (Fsp3) is 0.882. The zero-order chi connectivity index (χ0) is 15.5. The van der Waals surface area contributed by atoms with Crippen LogP contribution in [0.15, 0.2) is 0 Å². The minimum Gasteiger partial charge on any atom is -0.343 e. The monoisotopic (exact) mass is 307 g/mol. The highest BCUT2D eigenvalue weighted by molar-refractivity contribution is 5.86. The number of carbonyl (C=O) groups is 2. The molecule has 5 heteroatoms. The first-order valence-corrected chi connectivity index (χ1v) is 8.92. The summed E-state index contributed by atoms with van der Waals surface area (Å²) in [5.41, 5.74) is 0. The Morgan fingerprint density at radius 3 is 2.36 bits per heavy atom. The molecule has 3 rings (SSSR count). The Bertz CT molecular complexity index is 412. The molecule has 0 aromatic rings. The van der Waals surface area contributed by atoms with Gasteiger partial charge < -0.3 is 14.7 Å². The number of carbonyl (C=O) groups excluding carboxylic acids is 2. The molecule has 0 saturated carbocycles. The fourth-order valence-corrected chi connectivity index (χ4v) is 4.14. The van der Waals surface area contributed by atoms with Gasteiger partial charge in [-0.05, 0) is 58.7 Å². The van der Waals surface area contributed by atoms with Crippen LogP contribution in [0.1, 0.15) is 44.9 Å². The van der Waals surface area contributed by atoms with E-state index in [1.165, 1.54) is 0 Å². The minimum absolute atomic E-state index is 0.0680. The predicted octanol–water partition coefficient (Wildman–Crippen LogP) is 1.33. The molecule has 3 aliphatic heterocycles. The molecule has 3 heterocycles. The predicted molar refractivity (Wildman–Crippen MR) is 85.4 cm³/mol. The zero-order valence-electron chi connectivity index (χ0n) is 13.8. The van der Waals surface area contributed by atoms with Gasteiger partial charge in [-0.15, -0.1) is 0 Å². The molecule has 0 N–H and O–H groups in total. The molecule has 0 bridgehead atoms. The summed E-state index contributed by atoms with van der Waals surface area (Å²) in [5.74, 6) is 0.371. The van der Waals surface area contributed by atoms with E-state index in [1.54, 1.807) is 0 Å². The van der Waals surface area contributed by atoms with Crippen molar-refractivity contribution in [2.24, 2.45) is 5.92 Å².